The number of nitrogens with one attached hydrogen (secondary N) is 2. The summed E-state index contributed by atoms with van der Waals surface area (Å²) in [6.45, 7) is 2.89. The second-order valence-electron chi connectivity index (χ2n) is 9.51. The number of anilines is 2. The average Bonchev–Trinajstić information content (AvgIpc) is 3.01. The van der Waals surface area contributed by atoms with Crippen LogP contribution in [-0.2, 0) is 6.61 Å². The van der Waals surface area contributed by atoms with Gasteiger partial charge in [-0.15, -0.1) is 0 Å². The van der Waals surface area contributed by atoms with Gasteiger partial charge in [-0.05, 0) is 72.4 Å². The predicted molar refractivity (Wildman–Crippen MR) is 167 cm³/mol. The summed E-state index contributed by atoms with van der Waals surface area (Å²) in [6, 6.07) is 31.6. The van der Waals surface area contributed by atoms with Crippen molar-refractivity contribution in [2.24, 2.45) is 0 Å². The number of hydrogen-bond donors (Lipinski definition) is 2. The fourth-order valence-corrected chi connectivity index (χ4v) is 4.91. The van der Waals surface area contributed by atoms with Gasteiger partial charge < -0.3 is 19.9 Å². The first kappa shape index (κ1) is 28.1. The predicted octanol–water partition coefficient (Wildman–Crippen LogP) is 6.01. The van der Waals surface area contributed by atoms with Crippen LogP contribution in [0.4, 0.5) is 11.4 Å². The lowest BCUT2D eigenvalue weighted by molar-refractivity contribution is 0.0746. The topological polar surface area (TPSA) is 73.9 Å². The van der Waals surface area contributed by atoms with E-state index in [1.165, 1.54) is 0 Å². The van der Waals surface area contributed by atoms with Crippen molar-refractivity contribution in [1.29, 1.82) is 0 Å². The molecule has 9 heteroatoms. The smallest absolute Gasteiger partial charge is 0.257 e. The zero-order valence-corrected chi connectivity index (χ0v) is 23.8. The summed E-state index contributed by atoms with van der Waals surface area (Å²) in [7, 11) is 0. The molecule has 2 N–H and O–H groups in total. The van der Waals surface area contributed by atoms with Crippen LogP contribution in [0.1, 0.15) is 26.3 Å². The van der Waals surface area contributed by atoms with Gasteiger partial charge in [-0.3, -0.25) is 14.9 Å². The molecule has 1 aliphatic heterocycles. The lowest BCUT2D eigenvalue weighted by atomic mass is 10.1. The first-order valence-electron chi connectivity index (χ1n) is 13.2. The largest absolute Gasteiger partial charge is 0.489 e. The van der Waals surface area contributed by atoms with Crippen molar-refractivity contribution >= 4 is 52.1 Å². The quantitative estimate of drug-likeness (QED) is 0.259. The van der Waals surface area contributed by atoms with E-state index in [-0.39, 0.29) is 16.9 Å². The van der Waals surface area contributed by atoms with Gasteiger partial charge in [0.15, 0.2) is 5.11 Å². The average molecular weight is 585 g/mol. The van der Waals surface area contributed by atoms with Crippen molar-refractivity contribution in [3.8, 4) is 5.75 Å². The molecule has 1 saturated heterocycles. The number of carbonyl (C=O) groups is 2. The van der Waals surface area contributed by atoms with Gasteiger partial charge in [-0.1, -0.05) is 60.1 Å². The van der Waals surface area contributed by atoms with E-state index in [1.807, 2.05) is 65.6 Å². The van der Waals surface area contributed by atoms with Crippen molar-refractivity contribution in [2.75, 3.05) is 36.4 Å². The van der Waals surface area contributed by atoms with E-state index in [4.69, 9.17) is 28.6 Å². The number of halogens is 1. The van der Waals surface area contributed by atoms with E-state index in [0.717, 1.165) is 16.9 Å². The number of rotatable bonds is 7. The summed E-state index contributed by atoms with van der Waals surface area (Å²) < 4.78 is 5.85. The van der Waals surface area contributed by atoms with Crippen LogP contribution in [-0.4, -0.2) is 48.0 Å². The fourth-order valence-electron chi connectivity index (χ4n) is 4.58. The van der Waals surface area contributed by atoms with Gasteiger partial charge in [0.1, 0.15) is 12.4 Å². The molecule has 1 fully saturated rings. The van der Waals surface area contributed by atoms with Gasteiger partial charge in [0.05, 0.1) is 11.4 Å². The summed E-state index contributed by atoms with van der Waals surface area (Å²) in [5.74, 6) is 0.255. The van der Waals surface area contributed by atoms with Gasteiger partial charge in [0, 0.05) is 42.3 Å². The number of benzene rings is 4. The molecular weight excluding hydrogens is 556 g/mol. The molecule has 2 amide bonds. The summed E-state index contributed by atoms with van der Waals surface area (Å²) in [4.78, 5) is 29.9. The molecule has 1 heterocycles. The first-order valence-corrected chi connectivity index (χ1v) is 14.0. The molecule has 4 aromatic rings. The lowest BCUT2D eigenvalue weighted by Gasteiger charge is -2.37. The highest BCUT2D eigenvalue weighted by molar-refractivity contribution is 7.80. The Hall–Kier alpha value is -4.40. The standard InChI is InChI=1S/C32H29ClN4O3S/c33-26-15-13-24(14-16-26)31(39)37-19-17-36(18-20-37)29-12-5-4-11-28(29)34-32(41)35-30(38)25-9-6-10-27(21-25)40-22-23-7-2-1-3-8-23/h1-16,21H,17-20,22H2,(H2,34,35,38,41). The van der Waals surface area contributed by atoms with Gasteiger partial charge >= 0.3 is 0 Å². The van der Waals surface area contributed by atoms with E-state index in [0.29, 0.717) is 54.7 Å². The number of ether oxygens (including phenoxy) is 1. The Morgan fingerprint density at radius 3 is 2.27 bits per heavy atom. The zero-order valence-electron chi connectivity index (χ0n) is 22.3. The second kappa shape index (κ2) is 13.3. The monoisotopic (exact) mass is 584 g/mol. The second-order valence-corrected chi connectivity index (χ2v) is 10.4. The maximum absolute atomic E-state index is 12.9. The molecule has 7 nitrogen and oxygen atoms in total. The molecule has 208 valence electrons. The SMILES string of the molecule is O=C(NC(=S)Nc1ccccc1N1CCN(C(=O)c2ccc(Cl)cc2)CC1)c1cccc(OCc2ccccc2)c1. The molecule has 0 bridgehead atoms. The van der Waals surface area contributed by atoms with Crippen LogP contribution in [0.15, 0.2) is 103 Å². The molecular formula is C32H29ClN4O3S. The van der Waals surface area contributed by atoms with Crippen LogP contribution in [0.3, 0.4) is 0 Å². The Morgan fingerprint density at radius 1 is 0.805 bits per heavy atom. The summed E-state index contributed by atoms with van der Waals surface area (Å²) in [5, 5.41) is 6.73. The first-order chi connectivity index (χ1) is 20.0. The molecule has 1 aliphatic rings. The molecule has 0 saturated carbocycles. The summed E-state index contributed by atoms with van der Waals surface area (Å²) in [6.07, 6.45) is 0. The molecule has 0 spiro atoms. The third-order valence-electron chi connectivity index (χ3n) is 6.72. The Kier molecular flexibility index (Phi) is 9.13. The number of para-hydroxylation sites is 2. The van der Waals surface area contributed by atoms with Crippen molar-refractivity contribution in [3.05, 3.63) is 125 Å². The lowest BCUT2D eigenvalue weighted by Crippen LogP contribution is -2.49. The summed E-state index contributed by atoms with van der Waals surface area (Å²) in [5.41, 5.74) is 3.82. The number of amides is 2. The van der Waals surface area contributed by atoms with Gasteiger partial charge in [-0.25, -0.2) is 0 Å². The minimum Gasteiger partial charge on any atom is -0.489 e. The van der Waals surface area contributed by atoms with Crippen molar-refractivity contribution < 1.29 is 14.3 Å². The molecule has 0 atom stereocenters. The highest BCUT2D eigenvalue weighted by Crippen LogP contribution is 2.27. The Bertz CT molecular complexity index is 1520. The zero-order chi connectivity index (χ0) is 28.6. The highest BCUT2D eigenvalue weighted by atomic mass is 35.5. The van der Waals surface area contributed by atoms with Gasteiger partial charge in [0.25, 0.3) is 11.8 Å². The fraction of sp³-hybridized carbons (Fsp3) is 0.156. The van der Waals surface area contributed by atoms with Crippen molar-refractivity contribution in [3.63, 3.8) is 0 Å². The Labute approximate surface area is 249 Å². The number of piperazine rings is 1. The van der Waals surface area contributed by atoms with Crippen LogP contribution in [0.2, 0.25) is 5.02 Å². The van der Waals surface area contributed by atoms with E-state index >= 15 is 0 Å². The van der Waals surface area contributed by atoms with Crippen molar-refractivity contribution in [2.45, 2.75) is 6.61 Å². The summed E-state index contributed by atoms with van der Waals surface area (Å²) >= 11 is 11.4. The van der Waals surface area contributed by atoms with E-state index < -0.39 is 0 Å². The number of thiocarbonyl (C=S) groups is 1. The maximum Gasteiger partial charge on any atom is 0.257 e. The molecule has 5 rings (SSSR count). The van der Waals surface area contributed by atoms with Crippen LogP contribution in [0.5, 0.6) is 5.75 Å². The molecule has 0 radical (unpaired) electrons. The third kappa shape index (κ3) is 7.42. The Morgan fingerprint density at radius 2 is 1.51 bits per heavy atom. The number of nitrogens with zero attached hydrogens (tertiary/aromatic N) is 2. The Balaban J connectivity index is 1.16. The number of hydrogen-bond acceptors (Lipinski definition) is 5. The highest BCUT2D eigenvalue weighted by Gasteiger charge is 2.24. The van der Waals surface area contributed by atoms with Gasteiger partial charge in [0.2, 0.25) is 0 Å². The molecule has 4 aromatic carbocycles. The molecule has 0 aliphatic carbocycles. The molecule has 0 aromatic heterocycles. The van der Waals surface area contributed by atoms with E-state index in [1.54, 1.807) is 42.5 Å². The maximum atomic E-state index is 12.9. The minimum atomic E-state index is -0.334. The van der Waals surface area contributed by atoms with Crippen LogP contribution in [0.25, 0.3) is 0 Å². The van der Waals surface area contributed by atoms with Crippen molar-refractivity contribution in [1.82, 2.24) is 10.2 Å². The third-order valence-corrected chi connectivity index (χ3v) is 7.18. The van der Waals surface area contributed by atoms with Gasteiger partial charge in [-0.2, -0.15) is 0 Å². The van der Waals surface area contributed by atoms with Crippen LogP contribution < -0.4 is 20.3 Å². The molecule has 0 unspecified atom stereocenters. The van der Waals surface area contributed by atoms with Crippen LogP contribution >= 0.6 is 23.8 Å². The van der Waals surface area contributed by atoms with E-state index in [9.17, 15) is 9.59 Å². The minimum absolute atomic E-state index is 0.00819. The normalized spacial score (nSPS) is 12.9. The van der Waals surface area contributed by atoms with Crippen LogP contribution in [0, 0.1) is 0 Å². The molecule has 41 heavy (non-hydrogen) atoms. The number of carbonyl (C=O) groups excluding carboxylic acids is 2. The van der Waals surface area contributed by atoms with E-state index in [2.05, 4.69) is 15.5 Å².